The van der Waals surface area contributed by atoms with Gasteiger partial charge >= 0.3 is 5.97 Å². The molecule has 2 aromatic heterocycles. The number of tetrazole rings is 1. The van der Waals surface area contributed by atoms with Gasteiger partial charge in [0, 0.05) is 0 Å². The van der Waals surface area contributed by atoms with E-state index >= 15 is 0 Å². The summed E-state index contributed by atoms with van der Waals surface area (Å²) < 4.78 is 6.64. The predicted octanol–water partition coefficient (Wildman–Crippen LogP) is 2.36. The fourth-order valence-electron chi connectivity index (χ4n) is 3.04. The van der Waals surface area contributed by atoms with Crippen molar-refractivity contribution >= 4 is 5.97 Å². The Morgan fingerprint density at radius 1 is 1.33 bits per heavy atom. The summed E-state index contributed by atoms with van der Waals surface area (Å²) in [5.41, 5.74) is -0.0150. The minimum absolute atomic E-state index is 0.301. The average molecular weight is 290 g/mol. The van der Waals surface area contributed by atoms with E-state index in [2.05, 4.69) is 15.5 Å². The van der Waals surface area contributed by atoms with Crippen molar-refractivity contribution in [1.29, 1.82) is 0 Å². The van der Waals surface area contributed by atoms with Gasteiger partial charge in [0.15, 0.2) is 5.82 Å². The van der Waals surface area contributed by atoms with Gasteiger partial charge < -0.3 is 9.52 Å². The van der Waals surface area contributed by atoms with Crippen LogP contribution in [0.3, 0.4) is 0 Å². The molecule has 0 bridgehead atoms. The van der Waals surface area contributed by atoms with E-state index in [1.807, 2.05) is 0 Å². The predicted molar refractivity (Wildman–Crippen MR) is 73.3 cm³/mol. The molecule has 0 aliphatic heterocycles. The van der Waals surface area contributed by atoms with Crippen molar-refractivity contribution in [3.05, 3.63) is 18.6 Å². The Morgan fingerprint density at radius 2 is 2.10 bits per heavy atom. The van der Waals surface area contributed by atoms with Crippen LogP contribution < -0.4 is 0 Å². The number of rotatable bonds is 4. The third-order valence-corrected chi connectivity index (χ3v) is 4.28. The number of aromatic nitrogens is 4. The molecule has 0 aromatic carbocycles. The van der Waals surface area contributed by atoms with Gasteiger partial charge in [0.05, 0.1) is 23.8 Å². The molecule has 0 unspecified atom stereocenters. The molecule has 2 aromatic rings. The van der Waals surface area contributed by atoms with Gasteiger partial charge in [0.2, 0.25) is 0 Å². The molecule has 112 valence electrons. The highest BCUT2D eigenvalue weighted by molar-refractivity contribution is 5.74. The van der Waals surface area contributed by atoms with Crippen LogP contribution in [0.2, 0.25) is 0 Å². The summed E-state index contributed by atoms with van der Waals surface area (Å²) in [7, 11) is 0. The number of furan rings is 1. The molecule has 2 heterocycles. The molecule has 1 aliphatic rings. The molecule has 0 radical (unpaired) electrons. The standard InChI is InChI=1S/C14H18N4O3/c19-13(20)14(6-3-1-2-4-7-14)10-18-12(15-16-17-18)11-5-8-21-9-11/h5,8-9H,1-4,6-7,10H2,(H,19,20). The summed E-state index contributed by atoms with van der Waals surface area (Å²) in [6, 6.07) is 1.77. The van der Waals surface area contributed by atoms with Crippen molar-refractivity contribution in [1.82, 2.24) is 20.2 Å². The second kappa shape index (κ2) is 5.67. The Morgan fingerprint density at radius 3 is 2.71 bits per heavy atom. The first-order valence-corrected chi connectivity index (χ1v) is 7.23. The SMILES string of the molecule is O=C(O)C1(Cn2nnnc2-c2ccoc2)CCCCCC1. The van der Waals surface area contributed by atoms with E-state index in [0.717, 1.165) is 31.2 Å². The van der Waals surface area contributed by atoms with E-state index in [0.29, 0.717) is 25.2 Å². The monoisotopic (exact) mass is 290 g/mol. The van der Waals surface area contributed by atoms with Gasteiger partial charge in [-0.2, -0.15) is 0 Å². The zero-order valence-corrected chi connectivity index (χ0v) is 11.7. The van der Waals surface area contributed by atoms with Crippen molar-refractivity contribution in [3.8, 4) is 11.4 Å². The highest BCUT2D eigenvalue weighted by Crippen LogP contribution is 2.37. The summed E-state index contributed by atoms with van der Waals surface area (Å²) in [5.74, 6) is -0.202. The Bertz CT molecular complexity index is 598. The highest BCUT2D eigenvalue weighted by atomic mass is 16.4. The second-order valence-corrected chi connectivity index (χ2v) is 5.67. The van der Waals surface area contributed by atoms with E-state index < -0.39 is 11.4 Å². The number of carboxylic acids is 1. The van der Waals surface area contributed by atoms with Crippen LogP contribution in [0.25, 0.3) is 11.4 Å². The third kappa shape index (κ3) is 2.68. The van der Waals surface area contributed by atoms with E-state index in [4.69, 9.17) is 4.42 Å². The van der Waals surface area contributed by atoms with Crippen LogP contribution in [0.15, 0.2) is 23.0 Å². The number of carbonyl (C=O) groups is 1. The lowest BCUT2D eigenvalue weighted by Gasteiger charge is -2.27. The minimum Gasteiger partial charge on any atom is -0.481 e. The van der Waals surface area contributed by atoms with Crippen LogP contribution in [0, 0.1) is 5.41 Å². The highest BCUT2D eigenvalue weighted by Gasteiger charge is 2.40. The minimum atomic E-state index is -0.773. The smallest absolute Gasteiger partial charge is 0.311 e. The molecule has 1 fully saturated rings. The number of hydrogen-bond acceptors (Lipinski definition) is 5. The number of hydrogen-bond donors (Lipinski definition) is 1. The summed E-state index contributed by atoms with van der Waals surface area (Å²) in [6.07, 6.45) is 8.53. The summed E-state index contributed by atoms with van der Waals surface area (Å²) in [4.78, 5) is 11.9. The van der Waals surface area contributed by atoms with Crippen molar-refractivity contribution in [2.45, 2.75) is 45.1 Å². The summed E-state index contributed by atoms with van der Waals surface area (Å²) in [6.45, 7) is 0.301. The normalized spacial score (nSPS) is 18.3. The first-order valence-electron chi connectivity index (χ1n) is 7.23. The lowest BCUT2D eigenvalue weighted by molar-refractivity contribution is -0.151. The second-order valence-electron chi connectivity index (χ2n) is 5.67. The third-order valence-electron chi connectivity index (χ3n) is 4.28. The molecule has 21 heavy (non-hydrogen) atoms. The van der Waals surface area contributed by atoms with Gasteiger partial charge in [-0.3, -0.25) is 4.79 Å². The molecule has 0 atom stereocenters. The summed E-state index contributed by atoms with van der Waals surface area (Å²) in [5, 5.41) is 21.4. The maximum absolute atomic E-state index is 11.9. The lowest BCUT2D eigenvalue weighted by Crippen LogP contribution is -2.35. The zero-order chi connectivity index (χ0) is 14.7. The molecule has 0 saturated heterocycles. The van der Waals surface area contributed by atoms with E-state index in [1.165, 1.54) is 0 Å². The molecule has 3 rings (SSSR count). The Balaban J connectivity index is 1.90. The first kappa shape index (κ1) is 13.8. The van der Waals surface area contributed by atoms with E-state index in [-0.39, 0.29) is 0 Å². The number of nitrogens with zero attached hydrogens (tertiary/aromatic N) is 4. The molecule has 1 aliphatic carbocycles. The Labute approximate surface area is 122 Å². The number of aliphatic carboxylic acids is 1. The lowest BCUT2D eigenvalue weighted by atomic mass is 9.80. The quantitative estimate of drug-likeness (QED) is 0.869. The molecular weight excluding hydrogens is 272 g/mol. The van der Waals surface area contributed by atoms with Crippen molar-refractivity contribution in [3.63, 3.8) is 0 Å². The molecular formula is C14H18N4O3. The topological polar surface area (TPSA) is 94.0 Å². The van der Waals surface area contributed by atoms with E-state index in [1.54, 1.807) is 23.3 Å². The molecule has 7 heteroatoms. The van der Waals surface area contributed by atoms with Crippen molar-refractivity contribution in [2.75, 3.05) is 0 Å². The van der Waals surface area contributed by atoms with Gasteiger partial charge in [-0.1, -0.05) is 25.7 Å². The van der Waals surface area contributed by atoms with Gasteiger partial charge in [0.1, 0.15) is 6.26 Å². The van der Waals surface area contributed by atoms with Crippen LogP contribution in [0.1, 0.15) is 38.5 Å². The van der Waals surface area contributed by atoms with Gasteiger partial charge in [-0.25, -0.2) is 4.68 Å². The molecule has 7 nitrogen and oxygen atoms in total. The molecule has 0 spiro atoms. The van der Waals surface area contributed by atoms with Crippen LogP contribution in [0.4, 0.5) is 0 Å². The van der Waals surface area contributed by atoms with Crippen LogP contribution >= 0.6 is 0 Å². The maximum Gasteiger partial charge on any atom is 0.311 e. The van der Waals surface area contributed by atoms with Crippen LogP contribution in [-0.2, 0) is 11.3 Å². The maximum atomic E-state index is 11.9. The first-order chi connectivity index (χ1) is 10.2. The van der Waals surface area contributed by atoms with Gasteiger partial charge in [0.25, 0.3) is 0 Å². The van der Waals surface area contributed by atoms with Crippen LogP contribution in [0.5, 0.6) is 0 Å². The summed E-state index contributed by atoms with van der Waals surface area (Å²) >= 11 is 0. The fourth-order valence-corrected chi connectivity index (χ4v) is 3.04. The largest absolute Gasteiger partial charge is 0.481 e. The van der Waals surface area contributed by atoms with Gasteiger partial charge in [-0.05, 0) is 29.3 Å². The van der Waals surface area contributed by atoms with Crippen molar-refractivity contribution < 1.29 is 14.3 Å². The van der Waals surface area contributed by atoms with E-state index in [9.17, 15) is 9.90 Å². The molecule has 1 saturated carbocycles. The Kier molecular flexibility index (Phi) is 3.72. The molecule has 1 N–H and O–H groups in total. The average Bonchev–Trinajstić information content (AvgIpc) is 3.07. The molecule has 0 amide bonds. The van der Waals surface area contributed by atoms with Gasteiger partial charge in [-0.15, -0.1) is 5.10 Å². The number of carboxylic acid groups (broad SMARTS) is 1. The Hall–Kier alpha value is -2.18. The fraction of sp³-hybridized carbons (Fsp3) is 0.571. The zero-order valence-electron chi connectivity index (χ0n) is 11.7. The van der Waals surface area contributed by atoms with Crippen molar-refractivity contribution in [2.24, 2.45) is 5.41 Å². The van der Waals surface area contributed by atoms with Crippen LogP contribution in [-0.4, -0.2) is 31.3 Å².